The van der Waals surface area contributed by atoms with Gasteiger partial charge in [-0.15, -0.1) is 22.7 Å². The molecule has 2 nitrogen and oxygen atoms in total. The summed E-state index contributed by atoms with van der Waals surface area (Å²) in [5.41, 5.74) is 17.7. The molecular formula is C54H49BN2S2. The van der Waals surface area contributed by atoms with Crippen LogP contribution in [0, 0.1) is 0 Å². The SMILES string of the molecule is CC1(C)CCC(C)(C)c2cc3c(cc21)sc1[nH]c2c(-c4c5c(cc6ccccc46)-n4c6c(cccc6c6sc7cc8c(cc7c64)C(C)(C)CCC8(C)C)B5)cccc2c13. The molecule has 0 atom stereocenters. The van der Waals surface area contributed by atoms with E-state index in [0.717, 1.165) is 7.28 Å². The second-order valence-corrected chi connectivity index (χ2v) is 23.2. The molecule has 0 saturated heterocycles. The largest absolute Gasteiger partial charge is 0.346 e. The second-order valence-electron chi connectivity index (χ2n) is 21.1. The number of thiophene rings is 2. The summed E-state index contributed by atoms with van der Waals surface area (Å²) >= 11 is 3.95. The van der Waals surface area contributed by atoms with E-state index in [0.29, 0.717) is 0 Å². The van der Waals surface area contributed by atoms with Crippen LogP contribution in [-0.4, -0.2) is 16.8 Å². The van der Waals surface area contributed by atoms with E-state index < -0.39 is 0 Å². The number of H-pyrrole nitrogens is 1. The number of aromatic nitrogens is 2. The quantitative estimate of drug-likeness (QED) is 0.160. The maximum absolute atomic E-state index is 4.08. The minimum Gasteiger partial charge on any atom is -0.346 e. The Morgan fingerprint density at radius 2 is 1.15 bits per heavy atom. The predicted molar refractivity (Wildman–Crippen MR) is 261 cm³/mol. The lowest BCUT2D eigenvalue weighted by Crippen LogP contribution is -2.37. The number of aromatic amines is 1. The van der Waals surface area contributed by atoms with Crippen LogP contribution in [0.3, 0.4) is 0 Å². The zero-order chi connectivity index (χ0) is 40.1. The molecule has 1 aliphatic heterocycles. The lowest BCUT2D eigenvalue weighted by atomic mass is 9.58. The van der Waals surface area contributed by atoms with E-state index in [2.05, 4.69) is 156 Å². The van der Waals surface area contributed by atoms with Gasteiger partial charge in [-0.3, -0.25) is 0 Å². The highest BCUT2D eigenvalue weighted by molar-refractivity contribution is 7.27. The van der Waals surface area contributed by atoms with Crippen molar-refractivity contribution in [3.63, 3.8) is 0 Å². The van der Waals surface area contributed by atoms with Gasteiger partial charge >= 0.3 is 0 Å². The fourth-order valence-electron chi connectivity index (χ4n) is 12.1. The molecule has 5 heteroatoms. The summed E-state index contributed by atoms with van der Waals surface area (Å²) in [6.45, 7) is 19.6. The van der Waals surface area contributed by atoms with Gasteiger partial charge in [-0.25, -0.2) is 0 Å². The summed E-state index contributed by atoms with van der Waals surface area (Å²) < 4.78 is 6.93. The van der Waals surface area contributed by atoms with E-state index in [1.807, 2.05) is 22.7 Å². The Morgan fingerprint density at radius 1 is 0.559 bits per heavy atom. The van der Waals surface area contributed by atoms with Crippen LogP contribution < -0.4 is 10.9 Å². The first-order valence-electron chi connectivity index (χ1n) is 21.8. The van der Waals surface area contributed by atoms with Gasteiger partial charge in [0.05, 0.1) is 15.7 Å². The normalized spacial score (nSPS) is 18.6. The molecule has 5 heterocycles. The standard InChI is InChI=1S/C54H49BN2S2/c1-51(2)19-21-53(5,6)37-26-41-33(24-35(37)51)44-31-16-11-15-30(46(31)56-50(44)59-41)43-29-14-10-9-13-28(29)23-40-45(43)55-39-18-12-17-32-47(39)57(40)48-34-25-36-38(27-42(34)58-49(32)48)54(7,8)22-20-52(36,3)4/h9-18,23-27,55-56H,19-22H2,1-8H3. The Balaban J connectivity index is 1.11. The number of rotatable bonds is 1. The van der Waals surface area contributed by atoms with E-state index in [1.165, 1.54) is 143 Å². The van der Waals surface area contributed by atoms with Crippen LogP contribution in [0.5, 0.6) is 0 Å². The third-order valence-electron chi connectivity index (χ3n) is 15.7. The number of para-hydroxylation sites is 2. The summed E-state index contributed by atoms with van der Waals surface area (Å²) in [7, 11) is 0.907. The van der Waals surface area contributed by atoms with Crippen molar-refractivity contribution in [2.75, 3.05) is 0 Å². The minimum atomic E-state index is 0.146. The van der Waals surface area contributed by atoms with E-state index >= 15 is 0 Å². The van der Waals surface area contributed by atoms with Crippen LogP contribution in [0.1, 0.15) is 103 Å². The molecule has 0 bridgehead atoms. The Hall–Kier alpha value is -4.84. The highest BCUT2D eigenvalue weighted by Crippen LogP contribution is 2.53. The zero-order valence-electron chi connectivity index (χ0n) is 35.5. The van der Waals surface area contributed by atoms with E-state index in [4.69, 9.17) is 0 Å². The number of benzene rings is 6. The molecule has 59 heavy (non-hydrogen) atoms. The number of hydrogen-bond acceptors (Lipinski definition) is 2. The van der Waals surface area contributed by atoms with E-state index in [1.54, 1.807) is 5.56 Å². The number of nitrogens with zero attached hydrogens (tertiary/aromatic N) is 1. The lowest BCUT2D eigenvalue weighted by Gasteiger charge is -2.41. The lowest BCUT2D eigenvalue weighted by molar-refractivity contribution is 0.332. The summed E-state index contributed by atoms with van der Waals surface area (Å²) in [6, 6.07) is 36.1. The maximum Gasteiger partial charge on any atom is 0.198 e. The van der Waals surface area contributed by atoms with Crippen LogP contribution in [0.4, 0.5) is 0 Å². The predicted octanol–water partition coefficient (Wildman–Crippen LogP) is 14.1. The zero-order valence-corrected chi connectivity index (χ0v) is 37.1. The molecule has 10 aromatic rings. The third kappa shape index (κ3) is 4.48. The summed E-state index contributed by atoms with van der Waals surface area (Å²) in [4.78, 5) is 5.36. The number of hydrogen-bond donors (Lipinski definition) is 1. The second kappa shape index (κ2) is 11.1. The van der Waals surface area contributed by atoms with Crippen molar-refractivity contribution in [1.29, 1.82) is 0 Å². The topological polar surface area (TPSA) is 20.7 Å². The third-order valence-corrected chi connectivity index (χ3v) is 17.9. The monoisotopic (exact) mass is 800 g/mol. The first-order chi connectivity index (χ1) is 28.2. The highest BCUT2D eigenvalue weighted by atomic mass is 32.1. The smallest absolute Gasteiger partial charge is 0.198 e. The maximum atomic E-state index is 4.08. The average Bonchev–Trinajstić information content (AvgIpc) is 3.95. The van der Waals surface area contributed by atoms with Gasteiger partial charge in [0, 0.05) is 53.1 Å². The van der Waals surface area contributed by atoms with E-state index in [-0.39, 0.29) is 21.7 Å². The summed E-state index contributed by atoms with van der Waals surface area (Å²) in [5, 5.41) is 9.54. The fraction of sp³-hybridized carbons (Fsp3) is 0.296. The Morgan fingerprint density at radius 3 is 1.86 bits per heavy atom. The fourth-order valence-corrected chi connectivity index (χ4v) is 14.4. The van der Waals surface area contributed by atoms with Crippen molar-refractivity contribution in [2.24, 2.45) is 0 Å². The van der Waals surface area contributed by atoms with Crippen molar-refractivity contribution < 1.29 is 0 Å². The van der Waals surface area contributed by atoms with Gasteiger partial charge in [-0.2, -0.15) is 0 Å². The number of nitrogens with one attached hydrogen (secondary N) is 1. The van der Waals surface area contributed by atoms with Gasteiger partial charge in [0.2, 0.25) is 0 Å². The molecule has 0 fully saturated rings. The molecule has 0 saturated carbocycles. The minimum absolute atomic E-state index is 0.146. The van der Waals surface area contributed by atoms with Crippen molar-refractivity contribution in [1.82, 2.24) is 9.55 Å². The van der Waals surface area contributed by atoms with Crippen molar-refractivity contribution in [2.45, 2.75) is 103 Å². The molecule has 0 spiro atoms. The van der Waals surface area contributed by atoms with Crippen molar-refractivity contribution in [3.8, 4) is 16.8 Å². The Bertz CT molecular complexity index is 3540. The average molecular weight is 801 g/mol. The molecule has 0 amide bonds. The Kier molecular flexibility index (Phi) is 6.58. The molecule has 13 rings (SSSR count). The van der Waals surface area contributed by atoms with Gasteiger partial charge in [-0.05, 0) is 122 Å². The molecule has 290 valence electrons. The Labute approximate surface area is 354 Å². The van der Waals surface area contributed by atoms with Crippen LogP contribution in [0.2, 0.25) is 0 Å². The molecule has 3 aliphatic rings. The van der Waals surface area contributed by atoms with E-state index in [9.17, 15) is 0 Å². The number of fused-ring (bicyclic) bond motifs is 15. The van der Waals surface area contributed by atoms with Gasteiger partial charge in [-0.1, -0.05) is 122 Å². The molecule has 4 aromatic heterocycles. The first kappa shape index (κ1) is 35.0. The van der Waals surface area contributed by atoms with Crippen LogP contribution in [-0.2, 0) is 21.7 Å². The van der Waals surface area contributed by atoms with Gasteiger partial charge in [0.1, 0.15) is 4.83 Å². The summed E-state index contributed by atoms with van der Waals surface area (Å²) in [6.07, 6.45) is 4.90. The molecule has 0 radical (unpaired) electrons. The van der Waals surface area contributed by atoms with Crippen molar-refractivity contribution >= 4 is 114 Å². The van der Waals surface area contributed by atoms with Crippen LogP contribution >= 0.6 is 22.7 Å². The van der Waals surface area contributed by atoms with Gasteiger partial charge in [0.15, 0.2) is 7.28 Å². The van der Waals surface area contributed by atoms with Crippen LogP contribution in [0.15, 0.2) is 91.0 Å². The first-order valence-corrected chi connectivity index (χ1v) is 23.4. The molecule has 6 aromatic carbocycles. The van der Waals surface area contributed by atoms with Crippen LogP contribution in [0.25, 0.3) is 90.0 Å². The molecular weight excluding hydrogens is 752 g/mol. The van der Waals surface area contributed by atoms with Gasteiger partial charge in [0.25, 0.3) is 0 Å². The van der Waals surface area contributed by atoms with Gasteiger partial charge < -0.3 is 9.55 Å². The molecule has 2 aliphatic carbocycles. The highest BCUT2D eigenvalue weighted by Gasteiger charge is 2.40. The summed E-state index contributed by atoms with van der Waals surface area (Å²) in [5.74, 6) is 0. The van der Waals surface area contributed by atoms with Crippen molar-refractivity contribution in [3.05, 3.63) is 113 Å². The molecule has 1 N–H and O–H groups in total. The molecule has 0 unspecified atom stereocenters.